The molecule has 9 heteroatoms. The molecule has 2 fully saturated rings. The van der Waals surface area contributed by atoms with Crippen LogP contribution in [-0.2, 0) is 33.7 Å². The first-order valence-electron chi connectivity index (χ1n) is 13.7. The smallest absolute Gasteiger partial charge is 0.215 e. The highest BCUT2D eigenvalue weighted by molar-refractivity contribution is 5.83. The van der Waals surface area contributed by atoms with Gasteiger partial charge in [0.05, 0.1) is 30.5 Å². The number of phenolic OH excluding ortho intramolecular Hbond substituents is 3. The van der Waals surface area contributed by atoms with E-state index >= 15 is 0 Å². The van der Waals surface area contributed by atoms with Crippen molar-refractivity contribution in [1.29, 1.82) is 0 Å². The van der Waals surface area contributed by atoms with Crippen molar-refractivity contribution in [3.8, 4) is 23.0 Å². The first-order chi connectivity index (χ1) is 18.4. The number of ether oxygens (including phenoxy) is 4. The fraction of sp³-hybridized carbons (Fsp3) is 0.567. The highest BCUT2D eigenvalue weighted by Crippen LogP contribution is 2.56. The van der Waals surface area contributed by atoms with Gasteiger partial charge in [0.15, 0.2) is 12.1 Å². The second-order valence-electron chi connectivity index (χ2n) is 11.9. The van der Waals surface area contributed by atoms with Crippen LogP contribution in [-0.4, -0.2) is 56.6 Å². The zero-order chi connectivity index (χ0) is 27.9. The van der Waals surface area contributed by atoms with Gasteiger partial charge in [0.2, 0.25) is 5.79 Å². The number of hydrogen-bond acceptors (Lipinski definition) is 9. The van der Waals surface area contributed by atoms with Gasteiger partial charge in [-0.1, -0.05) is 0 Å². The molecule has 6 atom stereocenters. The fourth-order valence-corrected chi connectivity index (χ4v) is 7.26. The molecule has 1 spiro atoms. The molecule has 4 aliphatic heterocycles. The number of benzene rings is 2. The average molecular weight is 541 g/mol. The molecule has 39 heavy (non-hydrogen) atoms. The Morgan fingerprint density at radius 1 is 1.00 bits per heavy atom. The Morgan fingerprint density at radius 2 is 1.74 bits per heavy atom. The maximum absolute atomic E-state index is 11.9. The normalized spacial score (nSPS) is 33.3. The largest absolute Gasteiger partial charge is 0.508 e. The van der Waals surface area contributed by atoms with Crippen molar-refractivity contribution in [2.24, 2.45) is 0 Å². The van der Waals surface area contributed by atoms with Crippen molar-refractivity contribution < 1.29 is 44.2 Å². The molecule has 0 saturated carbocycles. The summed E-state index contributed by atoms with van der Waals surface area (Å²) >= 11 is 0. The van der Waals surface area contributed by atoms with Crippen molar-refractivity contribution in [3.05, 3.63) is 45.0 Å². The first-order valence-corrected chi connectivity index (χ1v) is 13.7. The quantitative estimate of drug-likeness (QED) is 0.423. The lowest BCUT2D eigenvalue weighted by Crippen LogP contribution is -2.53. The van der Waals surface area contributed by atoms with E-state index in [4.69, 9.17) is 18.9 Å². The third-order valence-electron chi connectivity index (χ3n) is 8.92. The summed E-state index contributed by atoms with van der Waals surface area (Å²) in [6.45, 7) is 7.43. The van der Waals surface area contributed by atoms with E-state index in [1.54, 1.807) is 13.8 Å². The molecule has 2 bridgehead atoms. The molecule has 4 aliphatic rings. The van der Waals surface area contributed by atoms with Crippen LogP contribution < -0.4 is 4.74 Å². The van der Waals surface area contributed by atoms with Crippen LogP contribution >= 0.6 is 0 Å². The Hall–Kier alpha value is -2.85. The van der Waals surface area contributed by atoms with Crippen LogP contribution in [0.4, 0.5) is 0 Å². The van der Waals surface area contributed by atoms with Gasteiger partial charge in [-0.25, -0.2) is 0 Å². The number of aliphatic hydroxyl groups is 1. The van der Waals surface area contributed by atoms with Crippen molar-refractivity contribution >= 4 is 6.29 Å². The number of aliphatic hydroxyl groups excluding tert-OH is 1. The number of fused-ring (bicyclic) bond motifs is 6. The van der Waals surface area contributed by atoms with Crippen LogP contribution in [0.5, 0.6) is 23.0 Å². The topological polar surface area (TPSA) is 135 Å². The lowest BCUT2D eigenvalue weighted by molar-refractivity contribution is -0.301. The number of rotatable bonds is 3. The number of phenols is 3. The van der Waals surface area contributed by atoms with Gasteiger partial charge in [0.25, 0.3) is 0 Å². The number of aldehydes is 1. The summed E-state index contributed by atoms with van der Waals surface area (Å²) in [5, 5.41) is 42.7. The molecule has 9 nitrogen and oxygen atoms in total. The van der Waals surface area contributed by atoms with E-state index in [9.17, 15) is 25.2 Å². The summed E-state index contributed by atoms with van der Waals surface area (Å²) in [5.74, 6) is -1.83. The molecule has 6 rings (SSSR count). The molecule has 2 aromatic rings. The van der Waals surface area contributed by atoms with Crippen molar-refractivity contribution in [1.82, 2.24) is 0 Å². The van der Waals surface area contributed by atoms with Crippen LogP contribution in [0, 0.1) is 13.8 Å². The lowest BCUT2D eigenvalue weighted by Gasteiger charge is -2.51. The molecule has 0 aromatic heterocycles. The summed E-state index contributed by atoms with van der Waals surface area (Å²) in [7, 11) is 0. The van der Waals surface area contributed by atoms with Crippen molar-refractivity contribution in [2.45, 2.75) is 109 Å². The summed E-state index contributed by atoms with van der Waals surface area (Å²) in [5.41, 5.74) is 4.00. The molecule has 0 amide bonds. The predicted octanol–water partition coefficient (Wildman–Crippen LogP) is 4.18. The Balaban J connectivity index is 1.45. The molecular formula is C30H36O9. The van der Waals surface area contributed by atoms with Gasteiger partial charge in [-0.2, -0.15) is 0 Å². The molecule has 210 valence electrons. The van der Waals surface area contributed by atoms with E-state index < -0.39 is 17.7 Å². The fourth-order valence-electron chi connectivity index (χ4n) is 7.26. The maximum Gasteiger partial charge on any atom is 0.215 e. The third kappa shape index (κ3) is 4.18. The molecule has 2 saturated heterocycles. The number of carbonyl (C=O) groups is 1. The van der Waals surface area contributed by atoms with E-state index in [1.807, 2.05) is 13.8 Å². The Labute approximate surface area is 227 Å². The lowest BCUT2D eigenvalue weighted by atomic mass is 9.74. The summed E-state index contributed by atoms with van der Waals surface area (Å²) in [6, 6.07) is 1.48. The van der Waals surface area contributed by atoms with Crippen LogP contribution in [0.2, 0.25) is 0 Å². The predicted molar refractivity (Wildman–Crippen MR) is 139 cm³/mol. The minimum atomic E-state index is -1.17. The van der Waals surface area contributed by atoms with Crippen LogP contribution in [0.25, 0.3) is 0 Å². The average Bonchev–Trinajstić information content (AvgIpc) is 2.84. The second kappa shape index (κ2) is 9.09. The van der Waals surface area contributed by atoms with Gasteiger partial charge >= 0.3 is 0 Å². The van der Waals surface area contributed by atoms with E-state index in [-0.39, 0.29) is 59.5 Å². The molecular weight excluding hydrogens is 504 g/mol. The van der Waals surface area contributed by atoms with Gasteiger partial charge in [0, 0.05) is 47.9 Å². The molecule has 4 N–H and O–H groups in total. The number of carbonyl (C=O) groups excluding carboxylic acids is 1. The van der Waals surface area contributed by atoms with Crippen LogP contribution in [0.15, 0.2) is 6.07 Å². The van der Waals surface area contributed by atoms with E-state index in [2.05, 4.69) is 0 Å². The second-order valence-corrected chi connectivity index (χ2v) is 11.9. The molecule has 2 aromatic carbocycles. The SMILES string of the molecule is Cc1c(O)cc(C[C@]23C[C@H](C[C@H](C)O2)c2c4c(c(O)c(C)c2O3)CO[C@@]2(C4)C[C@@H](O)C[C@H](C)O2)c(C=O)c1O. The first kappa shape index (κ1) is 26.4. The Bertz CT molecular complexity index is 1340. The van der Waals surface area contributed by atoms with Gasteiger partial charge in [-0.3, -0.25) is 4.79 Å². The minimum Gasteiger partial charge on any atom is -0.508 e. The summed E-state index contributed by atoms with van der Waals surface area (Å²) in [6.07, 6.45) is 2.34. The van der Waals surface area contributed by atoms with E-state index in [0.29, 0.717) is 48.8 Å². The van der Waals surface area contributed by atoms with Gasteiger partial charge in [-0.15, -0.1) is 0 Å². The maximum atomic E-state index is 11.9. The highest BCUT2D eigenvalue weighted by atomic mass is 16.7. The molecule has 0 unspecified atom stereocenters. The monoisotopic (exact) mass is 540 g/mol. The molecule has 4 heterocycles. The molecule has 0 aliphatic carbocycles. The summed E-state index contributed by atoms with van der Waals surface area (Å²) < 4.78 is 25.6. The standard InChI is InChI=1S/C30H36O9/c1-14-5-19-9-30(38-14,8-18-7-24(33)16(3)26(34)22(18)12-31)39-28-17(4)27(35)23-13-36-29(11-21(23)25(19)28)10-20(32)6-15(2)37-29/h7,12,14-15,19-20,32-35H,5-6,8-11,13H2,1-4H3/t14-,15-,19-,20-,29-,30-/m0/s1. The number of aromatic hydroxyl groups is 3. The van der Waals surface area contributed by atoms with E-state index in [0.717, 1.165) is 23.1 Å². The van der Waals surface area contributed by atoms with Crippen LogP contribution in [0.3, 0.4) is 0 Å². The van der Waals surface area contributed by atoms with Gasteiger partial charge < -0.3 is 39.4 Å². The van der Waals surface area contributed by atoms with Crippen molar-refractivity contribution in [2.75, 3.05) is 0 Å². The minimum absolute atomic E-state index is 0.0268. The Kier molecular flexibility index (Phi) is 6.15. The third-order valence-corrected chi connectivity index (χ3v) is 8.92. The van der Waals surface area contributed by atoms with Crippen LogP contribution in [0.1, 0.15) is 89.2 Å². The zero-order valence-electron chi connectivity index (χ0n) is 22.7. The zero-order valence-corrected chi connectivity index (χ0v) is 22.7. The molecule has 0 radical (unpaired) electrons. The highest BCUT2D eigenvalue weighted by Gasteiger charge is 2.52. The van der Waals surface area contributed by atoms with Crippen molar-refractivity contribution in [3.63, 3.8) is 0 Å². The van der Waals surface area contributed by atoms with E-state index in [1.165, 1.54) is 6.07 Å². The number of hydrogen-bond donors (Lipinski definition) is 4. The van der Waals surface area contributed by atoms with Gasteiger partial charge in [-0.05, 0) is 63.6 Å². The summed E-state index contributed by atoms with van der Waals surface area (Å²) in [4.78, 5) is 11.9. The Morgan fingerprint density at radius 3 is 2.46 bits per heavy atom. The van der Waals surface area contributed by atoms with Gasteiger partial charge in [0.1, 0.15) is 23.0 Å².